The van der Waals surface area contributed by atoms with Gasteiger partial charge in [-0.05, 0) is 17.9 Å². The number of nitrogens with one attached hydrogen (secondary N) is 1. The number of hydrogen-bond donors (Lipinski definition) is 1. The Balaban J connectivity index is 1.71. The van der Waals surface area contributed by atoms with Gasteiger partial charge in [0, 0.05) is 27.1 Å². The van der Waals surface area contributed by atoms with Gasteiger partial charge in [-0.15, -0.1) is 11.3 Å². The summed E-state index contributed by atoms with van der Waals surface area (Å²) >= 11 is 1.30. The molecule has 0 saturated heterocycles. The van der Waals surface area contributed by atoms with Crippen LogP contribution in [0.3, 0.4) is 0 Å². The van der Waals surface area contributed by atoms with Crippen LogP contribution < -0.4 is 16.6 Å². The Kier molecular flexibility index (Phi) is 4.73. The summed E-state index contributed by atoms with van der Waals surface area (Å²) in [6, 6.07) is 3.67. The van der Waals surface area contributed by atoms with Gasteiger partial charge in [-0.1, -0.05) is 0 Å². The Morgan fingerprint density at radius 2 is 2.12 bits per heavy atom. The lowest BCUT2D eigenvalue weighted by Crippen LogP contribution is -2.37. The predicted molar refractivity (Wildman–Crippen MR) is 97.1 cm³/mol. The van der Waals surface area contributed by atoms with Gasteiger partial charge in [0.25, 0.3) is 5.56 Å². The van der Waals surface area contributed by atoms with E-state index < -0.39 is 11.2 Å². The standard InChI is InChI=1S/C16H16N6O3S/c1-20-13-12(15(24)21(2)16(20)25)22(9-18-13)6-3-4-11(23)19-14-10(8-17)5-7-26-14/h5,7,9H,3-4,6H2,1-2H3,(H,19,23). The third-order valence-electron chi connectivity index (χ3n) is 4.06. The van der Waals surface area contributed by atoms with Crippen molar-refractivity contribution >= 4 is 33.4 Å². The van der Waals surface area contributed by atoms with Gasteiger partial charge in [-0.25, -0.2) is 9.78 Å². The monoisotopic (exact) mass is 372 g/mol. The number of nitriles is 1. The van der Waals surface area contributed by atoms with Gasteiger partial charge in [0.2, 0.25) is 5.91 Å². The van der Waals surface area contributed by atoms with Gasteiger partial charge in [-0.3, -0.25) is 18.7 Å². The Bertz CT molecular complexity index is 1140. The number of rotatable bonds is 5. The molecule has 0 aliphatic rings. The van der Waals surface area contributed by atoms with Crippen LogP contribution in [-0.4, -0.2) is 24.6 Å². The number of carbonyl (C=O) groups excluding carboxylic acids is 1. The second-order valence-corrected chi connectivity index (χ2v) is 6.66. The minimum absolute atomic E-state index is 0.200. The molecular weight excluding hydrogens is 356 g/mol. The Labute approximate surface area is 151 Å². The molecule has 3 aromatic rings. The summed E-state index contributed by atoms with van der Waals surface area (Å²) in [7, 11) is 2.98. The SMILES string of the molecule is Cn1c(=O)c2c(ncn2CCCC(=O)Nc2sccc2C#N)n(C)c1=O. The molecule has 1 N–H and O–H groups in total. The normalized spacial score (nSPS) is 10.8. The van der Waals surface area contributed by atoms with Gasteiger partial charge in [0.15, 0.2) is 11.2 Å². The highest BCUT2D eigenvalue weighted by Gasteiger charge is 2.14. The Hall–Kier alpha value is -3.19. The quantitative estimate of drug-likeness (QED) is 0.711. The van der Waals surface area contributed by atoms with Crippen LogP contribution in [-0.2, 0) is 25.4 Å². The van der Waals surface area contributed by atoms with Crippen LogP contribution >= 0.6 is 11.3 Å². The maximum Gasteiger partial charge on any atom is 0.332 e. The maximum absolute atomic E-state index is 12.3. The second-order valence-electron chi connectivity index (χ2n) is 5.74. The molecule has 0 aliphatic carbocycles. The molecule has 3 aromatic heterocycles. The molecule has 0 aromatic carbocycles. The fraction of sp³-hybridized carbons (Fsp3) is 0.312. The number of anilines is 1. The third-order valence-corrected chi connectivity index (χ3v) is 4.89. The summed E-state index contributed by atoms with van der Waals surface area (Å²) in [6.45, 7) is 0.410. The number of amides is 1. The first-order valence-electron chi connectivity index (χ1n) is 7.82. The number of aryl methyl sites for hydroxylation is 2. The lowest BCUT2D eigenvalue weighted by atomic mass is 10.3. The van der Waals surface area contributed by atoms with E-state index in [1.165, 1.54) is 29.3 Å². The van der Waals surface area contributed by atoms with Crippen molar-refractivity contribution in [1.82, 2.24) is 18.7 Å². The number of carbonyl (C=O) groups is 1. The molecule has 0 unspecified atom stereocenters. The summed E-state index contributed by atoms with van der Waals surface area (Å²) < 4.78 is 4.00. The molecule has 0 atom stereocenters. The summed E-state index contributed by atoms with van der Waals surface area (Å²) in [4.78, 5) is 40.4. The van der Waals surface area contributed by atoms with Gasteiger partial charge in [0.05, 0.1) is 11.9 Å². The fourth-order valence-electron chi connectivity index (χ4n) is 2.66. The Morgan fingerprint density at radius 1 is 1.35 bits per heavy atom. The van der Waals surface area contributed by atoms with Gasteiger partial charge >= 0.3 is 5.69 Å². The van der Waals surface area contributed by atoms with E-state index in [4.69, 9.17) is 5.26 Å². The second kappa shape index (κ2) is 6.97. The van der Waals surface area contributed by atoms with E-state index in [1.807, 2.05) is 6.07 Å². The largest absolute Gasteiger partial charge is 0.332 e. The minimum Gasteiger partial charge on any atom is -0.325 e. The first-order valence-corrected chi connectivity index (χ1v) is 8.70. The molecule has 0 spiro atoms. The first-order chi connectivity index (χ1) is 12.4. The maximum atomic E-state index is 12.3. The van der Waals surface area contributed by atoms with Crippen molar-refractivity contribution in [2.24, 2.45) is 14.1 Å². The molecule has 9 nitrogen and oxygen atoms in total. The van der Waals surface area contributed by atoms with Crippen LogP contribution in [0, 0.1) is 11.3 Å². The smallest absolute Gasteiger partial charge is 0.325 e. The van der Waals surface area contributed by atoms with Crippen molar-refractivity contribution in [3.05, 3.63) is 44.2 Å². The van der Waals surface area contributed by atoms with E-state index in [9.17, 15) is 14.4 Å². The Morgan fingerprint density at radius 3 is 2.85 bits per heavy atom. The van der Waals surface area contributed by atoms with Crippen LogP contribution in [0.1, 0.15) is 18.4 Å². The summed E-state index contributed by atoms with van der Waals surface area (Å²) in [5.74, 6) is -0.200. The van der Waals surface area contributed by atoms with Crippen LogP contribution in [0.25, 0.3) is 11.2 Å². The lowest BCUT2D eigenvalue weighted by Gasteiger charge is -2.07. The number of thiophene rings is 1. The van der Waals surface area contributed by atoms with E-state index in [2.05, 4.69) is 10.3 Å². The van der Waals surface area contributed by atoms with Gasteiger partial charge in [0.1, 0.15) is 11.1 Å². The number of nitrogens with zero attached hydrogens (tertiary/aromatic N) is 5. The van der Waals surface area contributed by atoms with Gasteiger partial charge in [-0.2, -0.15) is 5.26 Å². The third kappa shape index (κ3) is 3.04. The van der Waals surface area contributed by atoms with Crippen LogP contribution in [0.15, 0.2) is 27.4 Å². The number of hydrogen-bond acceptors (Lipinski definition) is 6. The highest BCUT2D eigenvalue weighted by Crippen LogP contribution is 2.22. The minimum atomic E-state index is -0.434. The van der Waals surface area contributed by atoms with E-state index >= 15 is 0 Å². The van der Waals surface area contributed by atoms with Gasteiger partial charge < -0.3 is 9.88 Å². The molecule has 0 radical (unpaired) electrons. The topological polar surface area (TPSA) is 115 Å². The molecule has 134 valence electrons. The number of aromatic nitrogens is 4. The zero-order chi connectivity index (χ0) is 18.8. The molecule has 0 aliphatic heterocycles. The van der Waals surface area contributed by atoms with E-state index in [1.54, 1.807) is 23.1 Å². The van der Waals surface area contributed by atoms with Crippen molar-refractivity contribution in [2.45, 2.75) is 19.4 Å². The van der Waals surface area contributed by atoms with Crippen molar-refractivity contribution < 1.29 is 4.79 Å². The molecule has 3 heterocycles. The van der Waals surface area contributed by atoms with E-state index in [-0.39, 0.29) is 12.3 Å². The molecule has 10 heteroatoms. The van der Waals surface area contributed by atoms with Crippen molar-refractivity contribution in [1.29, 1.82) is 5.26 Å². The average Bonchev–Trinajstić information content (AvgIpc) is 3.24. The first kappa shape index (κ1) is 17.6. The molecule has 0 bridgehead atoms. The van der Waals surface area contributed by atoms with E-state index in [0.717, 1.165) is 4.57 Å². The van der Waals surface area contributed by atoms with Crippen LogP contribution in [0.5, 0.6) is 0 Å². The zero-order valence-electron chi connectivity index (χ0n) is 14.2. The molecule has 0 fully saturated rings. The fourth-order valence-corrected chi connectivity index (χ4v) is 3.41. The molecule has 26 heavy (non-hydrogen) atoms. The molecule has 3 rings (SSSR count). The predicted octanol–water partition coefficient (Wildman–Crippen LogP) is 0.786. The van der Waals surface area contributed by atoms with Crippen LogP contribution in [0.2, 0.25) is 0 Å². The highest BCUT2D eigenvalue weighted by atomic mass is 32.1. The molecule has 1 amide bonds. The summed E-state index contributed by atoms with van der Waals surface area (Å²) in [5.41, 5.74) is 0.242. The van der Waals surface area contributed by atoms with Crippen molar-refractivity contribution in [3.63, 3.8) is 0 Å². The van der Waals surface area contributed by atoms with Crippen molar-refractivity contribution in [2.75, 3.05) is 5.32 Å². The zero-order valence-corrected chi connectivity index (χ0v) is 15.0. The number of fused-ring (bicyclic) bond motifs is 1. The van der Waals surface area contributed by atoms with Crippen molar-refractivity contribution in [3.8, 4) is 6.07 Å². The average molecular weight is 372 g/mol. The van der Waals surface area contributed by atoms with Crippen LogP contribution in [0.4, 0.5) is 5.00 Å². The number of imidazole rings is 1. The molecule has 0 saturated carbocycles. The lowest BCUT2D eigenvalue weighted by molar-refractivity contribution is -0.116. The highest BCUT2D eigenvalue weighted by molar-refractivity contribution is 7.14. The molecular formula is C16H16N6O3S. The summed E-state index contributed by atoms with van der Waals surface area (Å²) in [6.07, 6.45) is 2.21. The van der Waals surface area contributed by atoms with E-state index in [0.29, 0.717) is 34.7 Å². The summed E-state index contributed by atoms with van der Waals surface area (Å²) in [5, 5.41) is 13.9.